The normalized spacial score (nSPS) is 11.5. The number of imidazole rings is 1. The third kappa shape index (κ3) is 4.71. The molecule has 0 bridgehead atoms. The lowest BCUT2D eigenvalue weighted by Crippen LogP contribution is -2.30. The Bertz CT molecular complexity index is 1450. The van der Waals surface area contributed by atoms with Gasteiger partial charge in [0.15, 0.2) is 5.49 Å². The highest BCUT2D eigenvalue weighted by molar-refractivity contribution is 5.67. The minimum atomic E-state index is -0.289. The first-order chi connectivity index (χ1) is 16.2. The predicted molar refractivity (Wildman–Crippen MR) is 133 cm³/mol. The number of pyridine rings is 1. The van der Waals surface area contributed by atoms with Crippen molar-refractivity contribution in [1.82, 2.24) is 14.2 Å². The van der Waals surface area contributed by atoms with Crippen LogP contribution in [0.2, 0.25) is 0 Å². The lowest BCUT2D eigenvalue weighted by Gasteiger charge is -2.14. The number of nitrogen functional groups attached to an aromatic ring is 1. The average Bonchev–Trinajstić information content (AvgIpc) is 3.21. The van der Waals surface area contributed by atoms with Crippen LogP contribution in [-0.2, 0) is 0 Å². The summed E-state index contributed by atoms with van der Waals surface area (Å²) in [5.74, 6) is 7.03. The lowest BCUT2D eigenvalue weighted by molar-refractivity contribution is 0.413. The number of hydrogen-bond donors (Lipinski definition) is 2. The first-order valence-electron chi connectivity index (χ1n) is 10.7. The van der Waals surface area contributed by atoms with Gasteiger partial charge in [-0.1, -0.05) is 12.6 Å². The Balaban J connectivity index is 1.70. The summed E-state index contributed by atoms with van der Waals surface area (Å²) in [4.78, 5) is 8.93. The predicted octanol–water partition coefficient (Wildman–Crippen LogP) is 4.61. The van der Waals surface area contributed by atoms with E-state index in [1.165, 1.54) is 16.8 Å². The second-order valence-corrected chi connectivity index (χ2v) is 8.11. The van der Waals surface area contributed by atoms with Crippen LogP contribution in [0.15, 0.2) is 78.6 Å². The summed E-state index contributed by atoms with van der Waals surface area (Å²) in [6.45, 7) is 9.79. The molecule has 0 saturated carbocycles. The number of benzene rings is 2. The number of rotatable bonds is 6. The fourth-order valence-corrected chi connectivity index (χ4v) is 3.84. The van der Waals surface area contributed by atoms with Gasteiger partial charge in [-0.15, -0.1) is 0 Å². The van der Waals surface area contributed by atoms with Crippen molar-refractivity contribution in [3.63, 3.8) is 0 Å². The number of aryl methyl sites for hydroxylation is 3. The molecular weight excluding hydrogens is 431 g/mol. The highest BCUT2D eigenvalue weighted by Gasteiger charge is 2.11. The second-order valence-electron chi connectivity index (χ2n) is 8.11. The number of methoxy groups -OCH3 is 1. The SMILES string of the molecule is C=C(N=c1c(-c2ccc(F)cc2C)cc(C)cn1N)Nc1ccc(-n2cnc(C)c2)c(OC)c1. The van der Waals surface area contributed by atoms with Crippen LogP contribution in [0.3, 0.4) is 0 Å². The molecule has 34 heavy (non-hydrogen) atoms. The van der Waals surface area contributed by atoms with Crippen molar-refractivity contribution >= 4 is 5.69 Å². The molecule has 0 radical (unpaired) electrons. The molecule has 0 amide bonds. The molecule has 0 aliphatic heterocycles. The largest absolute Gasteiger partial charge is 0.494 e. The second kappa shape index (κ2) is 9.27. The molecule has 3 N–H and O–H groups in total. The van der Waals surface area contributed by atoms with Crippen molar-refractivity contribution in [2.75, 3.05) is 18.3 Å². The summed E-state index contributed by atoms with van der Waals surface area (Å²) in [5.41, 5.74) is 6.39. The van der Waals surface area contributed by atoms with E-state index in [2.05, 4.69) is 21.9 Å². The van der Waals surface area contributed by atoms with E-state index in [9.17, 15) is 4.39 Å². The van der Waals surface area contributed by atoms with Crippen molar-refractivity contribution < 1.29 is 9.13 Å². The van der Waals surface area contributed by atoms with Gasteiger partial charge in [-0.2, -0.15) is 0 Å². The molecule has 2 aromatic heterocycles. The van der Waals surface area contributed by atoms with Gasteiger partial charge in [0.2, 0.25) is 0 Å². The van der Waals surface area contributed by atoms with Crippen LogP contribution < -0.4 is 21.4 Å². The first-order valence-corrected chi connectivity index (χ1v) is 10.7. The maximum Gasteiger partial charge on any atom is 0.161 e. The topological polar surface area (TPSA) is 82.4 Å². The number of halogens is 1. The highest BCUT2D eigenvalue weighted by Crippen LogP contribution is 2.28. The third-order valence-electron chi connectivity index (χ3n) is 5.38. The lowest BCUT2D eigenvalue weighted by atomic mass is 10.0. The smallest absolute Gasteiger partial charge is 0.161 e. The average molecular weight is 459 g/mol. The molecule has 7 nitrogen and oxygen atoms in total. The molecule has 4 aromatic rings. The molecule has 0 unspecified atom stereocenters. The standard InChI is InChI=1S/C26H27FN6O/c1-16-10-23(22-8-6-20(27)11-17(22)2)26(33(28)13-16)31-19(4)30-21-7-9-24(25(12-21)34-5)32-14-18(3)29-15-32/h6-15,30H,4,28H2,1-3,5H3. The van der Waals surface area contributed by atoms with Crippen LogP contribution in [0, 0.1) is 26.6 Å². The van der Waals surface area contributed by atoms with E-state index < -0.39 is 0 Å². The van der Waals surface area contributed by atoms with Gasteiger partial charge in [-0.25, -0.2) is 14.4 Å². The molecule has 8 heteroatoms. The zero-order valence-corrected chi connectivity index (χ0v) is 19.6. The molecule has 0 aliphatic carbocycles. The van der Waals surface area contributed by atoms with Crippen LogP contribution in [-0.4, -0.2) is 21.3 Å². The molecular formula is C26H27FN6O. The van der Waals surface area contributed by atoms with Gasteiger partial charge in [0, 0.05) is 29.7 Å². The molecule has 0 spiro atoms. The minimum absolute atomic E-state index is 0.289. The maximum atomic E-state index is 13.7. The Morgan fingerprint density at radius 1 is 1.09 bits per heavy atom. The molecule has 0 aliphatic rings. The molecule has 2 aromatic carbocycles. The summed E-state index contributed by atoms with van der Waals surface area (Å²) < 4.78 is 22.6. The van der Waals surface area contributed by atoms with Crippen LogP contribution in [0.5, 0.6) is 5.75 Å². The van der Waals surface area contributed by atoms with Crippen LogP contribution in [0.4, 0.5) is 10.1 Å². The van der Waals surface area contributed by atoms with Gasteiger partial charge in [0.1, 0.15) is 17.4 Å². The summed E-state index contributed by atoms with van der Waals surface area (Å²) in [6, 6.07) is 12.3. The fourth-order valence-electron chi connectivity index (χ4n) is 3.84. The van der Waals surface area contributed by atoms with Gasteiger partial charge < -0.3 is 20.5 Å². The van der Waals surface area contributed by atoms with E-state index in [1.807, 2.05) is 55.8 Å². The van der Waals surface area contributed by atoms with Crippen molar-refractivity contribution in [2.24, 2.45) is 4.99 Å². The Morgan fingerprint density at radius 3 is 2.56 bits per heavy atom. The van der Waals surface area contributed by atoms with Gasteiger partial charge in [0.05, 0.1) is 24.8 Å². The summed E-state index contributed by atoms with van der Waals surface area (Å²) in [5, 5.41) is 3.20. The molecule has 2 heterocycles. The van der Waals surface area contributed by atoms with Crippen molar-refractivity contribution in [1.29, 1.82) is 0 Å². The van der Waals surface area contributed by atoms with Gasteiger partial charge >= 0.3 is 0 Å². The zero-order chi connectivity index (χ0) is 24.4. The Labute approximate surface area is 197 Å². The number of anilines is 1. The minimum Gasteiger partial charge on any atom is -0.494 e. The highest BCUT2D eigenvalue weighted by atomic mass is 19.1. The van der Waals surface area contributed by atoms with Crippen molar-refractivity contribution in [2.45, 2.75) is 20.8 Å². The quantitative estimate of drug-likeness (QED) is 0.414. The number of nitrogens with two attached hydrogens (primary N) is 1. The number of nitrogens with zero attached hydrogens (tertiary/aromatic N) is 4. The molecule has 0 saturated heterocycles. The summed E-state index contributed by atoms with van der Waals surface area (Å²) in [7, 11) is 1.62. The van der Waals surface area contributed by atoms with E-state index in [0.717, 1.165) is 39.3 Å². The Morgan fingerprint density at radius 2 is 1.88 bits per heavy atom. The van der Waals surface area contributed by atoms with E-state index in [1.54, 1.807) is 25.7 Å². The van der Waals surface area contributed by atoms with Crippen LogP contribution in [0.25, 0.3) is 16.8 Å². The number of nitrogens with one attached hydrogen (secondary N) is 1. The summed E-state index contributed by atoms with van der Waals surface area (Å²) >= 11 is 0. The van der Waals surface area contributed by atoms with Crippen molar-refractivity contribution in [3.8, 4) is 22.6 Å². The van der Waals surface area contributed by atoms with Gasteiger partial charge in [-0.3, -0.25) is 4.68 Å². The fraction of sp³-hybridized carbons (Fsp3) is 0.154. The molecule has 174 valence electrons. The van der Waals surface area contributed by atoms with E-state index >= 15 is 0 Å². The van der Waals surface area contributed by atoms with Crippen LogP contribution >= 0.6 is 0 Å². The van der Waals surface area contributed by atoms with Crippen molar-refractivity contribution in [3.05, 3.63) is 102 Å². The maximum absolute atomic E-state index is 13.7. The van der Waals surface area contributed by atoms with E-state index in [0.29, 0.717) is 17.1 Å². The number of aromatic nitrogens is 3. The van der Waals surface area contributed by atoms with E-state index in [4.69, 9.17) is 10.6 Å². The molecule has 4 rings (SSSR count). The molecule has 0 fully saturated rings. The summed E-state index contributed by atoms with van der Waals surface area (Å²) in [6.07, 6.45) is 5.44. The number of hydrogen-bond acceptors (Lipinski definition) is 5. The Hall–Kier alpha value is -4.33. The molecule has 0 atom stereocenters. The van der Waals surface area contributed by atoms with Gasteiger partial charge in [0.25, 0.3) is 0 Å². The van der Waals surface area contributed by atoms with E-state index in [-0.39, 0.29) is 5.82 Å². The Kier molecular flexibility index (Phi) is 6.23. The third-order valence-corrected chi connectivity index (χ3v) is 5.38. The monoisotopic (exact) mass is 458 g/mol. The van der Waals surface area contributed by atoms with Crippen LogP contribution in [0.1, 0.15) is 16.8 Å². The van der Waals surface area contributed by atoms with Gasteiger partial charge in [-0.05, 0) is 67.8 Å². The zero-order valence-electron chi connectivity index (χ0n) is 19.6. The first kappa shape index (κ1) is 22.8. The number of ether oxygens (including phenoxy) is 1.